The summed E-state index contributed by atoms with van der Waals surface area (Å²) in [7, 11) is 0. The van der Waals surface area contributed by atoms with Crippen LogP contribution < -0.4 is 10.6 Å². The SMILES string of the molecule is O=C(/C=C/c1ccc(-c2ccccc2)o1)NC(=S)Nc1c(Br)cc(Br)cc1-c1nc2ccccc2s1. The van der Waals surface area contributed by atoms with E-state index in [1.807, 2.05) is 78.9 Å². The Labute approximate surface area is 233 Å². The number of halogens is 2. The number of carbonyl (C=O) groups excluding carboxylic acids is 1. The highest BCUT2D eigenvalue weighted by Gasteiger charge is 2.16. The molecule has 0 aliphatic carbocycles. The lowest BCUT2D eigenvalue weighted by molar-refractivity contribution is -0.115. The number of thiocarbonyl (C=S) groups is 1. The number of amides is 1. The monoisotopic (exact) mass is 637 g/mol. The Bertz CT molecular complexity index is 1580. The Morgan fingerprint density at radius 1 is 1.00 bits per heavy atom. The van der Waals surface area contributed by atoms with Gasteiger partial charge in [-0.25, -0.2) is 4.98 Å². The van der Waals surface area contributed by atoms with Gasteiger partial charge in [0.25, 0.3) is 0 Å². The summed E-state index contributed by atoms with van der Waals surface area (Å²) in [5.41, 5.74) is 3.46. The number of para-hydroxylation sites is 1. The van der Waals surface area contributed by atoms with Gasteiger partial charge in [0.1, 0.15) is 16.5 Å². The van der Waals surface area contributed by atoms with E-state index < -0.39 is 0 Å². The number of hydrogen-bond acceptors (Lipinski definition) is 5. The van der Waals surface area contributed by atoms with Crippen LogP contribution in [0.15, 0.2) is 98.3 Å². The zero-order valence-corrected chi connectivity index (χ0v) is 23.3. The fourth-order valence-corrected chi connectivity index (χ4v) is 6.03. The molecule has 0 bridgehead atoms. The minimum atomic E-state index is -0.375. The van der Waals surface area contributed by atoms with Crippen molar-refractivity contribution in [2.45, 2.75) is 0 Å². The van der Waals surface area contributed by atoms with Crippen LogP contribution in [-0.4, -0.2) is 16.0 Å². The van der Waals surface area contributed by atoms with Gasteiger partial charge in [-0.1, -0.05) is 58.4 Å². The van der Waals surface area contributed by atoms with E-state index in [-0.39, 0.29) is 11.0 Å². The van der Waals surface area contributed by atoms with Gasteiger partial charge in [0, 0.05) is 26.1 Å². The largest absolute Gasteiger partial charge is 0.457 e. The fourth-order valence-electron chi connectivity index (χ4n) is 3.51. The first-order valence-corrected chi connectivity index (χ1v) is 13.6. The van der Waals surface area contributed by atoms with Gasteiger partial charge in [-0.15, -0.1) is 11.3 Å². The normalized spacial score (nSPS) is 11.2. The molecule has 2 heterocycles. The van der Waals surface area contributed by atoms with Gasteiger partial charge < -0.3 is 9.73 Å². The minimum absolute atomic E-state index is 0.166. The summed E-state index contributed by atoms with van der Waals surface area (Å²) in [6.07, 6.45) is 2.99. The second kappa shape index (κ2) is 10.9. The van der Waals surface area contributed by atoms with E-state index in [9.17, 15) is 4.79 Å². The minimum Gasteiger partial charge on any atom is -0.457 e. The zero-order valence-electron chi connectivity index (χ0n) is 18.5. The Balaban J connectivity index is 1.30. The molecule has 0 radical (unpaired) electrons. The summed E-state index contributed by atoms with van der Waals surface area (Å²) in [4.78, 5) is 17.3. The van der Waals surface area contributed by atoms with E-state index in [1.165, 1.54) is 6.08 Å². The topological polar surface area (TPSA) is 67.2 Å². The maximum Gasteiger partial charge on any atom is 0.250 e. The molecule has 178 valence electrons. The average Bonchev–Trinajstić information content (AvgIpc) is 3.52. The first kappa shape index (κ1) is 24.6. The molecule has 0 aliphatic rings. The van der Waals surface area contributed by atoms with Crippen LogP contribution in [0.3, 0.4) is 0 Å². The Hall–Kier alpha value is -3.11. The lowest BCUT2D eigenvalue weighted by atomic mass is 10.2. The summed E-state index contributed by atoms with van der Waals surface area (Å²) in [6, 6.07) is 25.3. The highest BCUT2D eigenvalue weighted by atomic mass is 79.9. The summed E-state index contributed by atoms with van der Waals surface area (Å²) >= 11 is 14.2. The van der Waals surface area contributed by atoms with Crippen molar-refractivity contribution in [1.29, 1.82) is 0 Å². The summed E-state index contributed by atoms with van der Waals surface area (Å²) < 4.78 is 8.56. The average molecular weight is 639 g/mol. The van der Waals surface area contributed by atoms with Crippen LogP contribution in [0, 0.1) is 0 Å². The second-order valence-electron chi connectivity index (χ2n) is 7.64. The van der Waals surface area contributed by atoms with Crippen molar-refractivity contribution in [3.8, 4) is 21.9 Å². The fraction of sp³-hybridized carbons (Fsp3) is 0. The molecular weight excluding hydrogens is 622 g/mol. The Morgan fingerprint density at radius 3 is 2.58 bits per heavy atom. The maximum atomic E-state index is 12.5. The van der Waals surface area contributed by atoms with Crippen molar-refractivity contribution in [2.75, 3.05) is 5.32 Å². The third kappa shape index (κ3) is 5.65. The molecular formula is C27H17Br2N3O2S2. The van der Waals surface area contributed by atoms with E-state index in [0.717, 1.165) is 41.1 Å². The molecule has 5 nitrogen and oxygen atoms in total. The van der Waals surface area contributed by atoms with Gasteiger partial charge in [0.2, 0.25) is 5.91 Å². The van der Waals surface area contributed by atoms with E-state index in [2.05, 4.69) is 42.5 Å². The van der Waals surface area contributed by atoms with Crippen LogP contribution in [0.1, 0.15) is 5.76 Å². The molecule has 0 atom stereocenters. The molecule has 9 heteroatoms. The molecule has 0 aliphatic heterocycles. The molecule has 36 heavy (non-hydrogen) atoms. The number of carbonyl (C=O) groups is 1. The van der Waals surface area contributed by atoms with E-state index in [4.69, 9.17) is 21.6 Å². The Morgan fingerprint density at radius 2 is 1.78 bits per heavy atom. The summed E-state index contributed by atoms with van der Waals surface area (Å²) in [5.74, 6) is 0.923. The molecule has 0 spiro atoms. The second-order valence-corrected chi connectivity index (χ2v) is 10.9. The van der Waals surface area contributed by atoms with Crippen LogP contribution >= 0.6 is 55.4 Å². The maximum absolute atomic E-state index is 12.5. The van der Waals surface area contributed by atoms with Crippen LogP contribution in [0.4, 0.5) is 5.69 Å². The first-order chi connectivity index (χ1) is 17.5. The van der Waals surface area contributed by atoms with Gasteiger partial charge >= 0.3 is 0 Å². The van der Waals surface area contributed by atoms with Gasteiger partial charge in [0.15, 0.2) is 5.11 Å². The van der Waals surface area contributed by atoms with Crippen LogP contribution in [0.5, 0.6) is 0 Å². The van der Waals surface area contributed by atoms with Gasteiger partial charge in [0.05, 0.1) is 15.9 Å². The van der Waals surface area contributed by atoms with Gasteiger partial charge in [-0.3, -0.25) is 10.1 Å². The quantitative estimate of drug-likeness (QED) is 0.150. The number of anilines is 1. The standard InChI is InChI=1S/C27H17Br2N3O2S2/c28-17-14-19(26-30-21-8-4-5-9-23(21)36-26)25(20(29)15-17)32-27(35)31-24(33)13-11-18-10-12-22(34-18)16-6-2-1-3-7-16/h1-15H,(H2,31,32,33,35)/b13-11+. The molecule has 5 rings (SSSR count). The number of nitrogens with one attached hydrogen (secondary N) is 2. The van der Waals surface area contributed by atoms with Crippen molar-refractivity contribution in [2.24, 2.45) is 0 Å². The number of benzene rings is 3. The number of thiazole rings is 1. The van der Waals surface area contributed by atoms with Crippen LogP contribution in [0.2, 0.25) is 0 Å². The third-order valence-corrected chi connectivity index (χ3v) is 7.50. The highest BCUT2D eigenvalue weighted by molar-refractivity contribution is 9.11. The van der Waals surface area contributed by atoms with Crippen molar-refractivity contribution in [3.05, 3.63) is 99.6 Å². The number of fused-ring (bicyclic) bond motifs is 1. The molecule has 1 amide bonds. The predicted molar refractivity (Wildman–Crippen MR) is 158 cm³/mol. The number of aromatic nitrogens is 1. The molecule has 0 saturated heterocycles. The molecule has 5 aromatic rings. The molecule has 2 N–H and O–H groups in total. The molecule has 0 unspecified atom stereocenters. The van der Waals surface area contributed by atoms with Crippen molar-refractivity contribution in [3.63, 3.8) is 0 Å². The molecule has 3 aromatic carbocycles. The number of nitrogens with zero attached hydrogens (tertiary/aromatic N) is 1. The smallest absolute Gasteiger partial charge is 0.250 e. The lowest BCUT2D eigenvalue weighted by Gasteiger charge is -2.14. The predicted octanol–water partition coefficient (Wildman–Crippen LogP) is 8.27. The van der Waals surface area contributed by atoms with Crippen molar-refractivity contribution < 1.29 is 9.21 Å². The van der Waals surface area contributed by atoms with Gasteiger partial charge in [-0.05, 0) is 70.6 Å². The Kier molecular flexibility index (Phi) is 7.43. The summed E-state index contributed by atoms with van der Waals surface area (Å²) in [6.45, 7) is 0. The number of hydrogen-bond donors (Lipinski definition) is 2. The first-order valence-electron chi connectivity index (χ1n) is 10.8. The van der Waals surface area contributed by atoms with Crippen molar-refractivity contribution >= 4 is 88.4 Å². The van der Waals surface area contributed by atoms with Crippen molar-refractivity contribution in [1.82, 2.24) is 10.3 Å². The number of furan rings is 1. The van der Waals surface area contributed by atoms with E-state index >= 15 is 0 Å². The van der Waals surface area contributed by atoms with Crippen LogP contribution in [-0.2, 0) is 4.79 Å². The number of rotatable bonds is 5. The zero-order chi connectivity index (χ0) is 25.1. The van der Waals surface area contributed by atoms with Gasteiger partial charge in [-0.2, -0.15) is 0 Å². The molecule has 0 fully saturated rings. The summed E-state index contributed by atoms with van der Waals surface area (Å²) in [5, 5.41) is 6.83. The highest BCUT2D eigenvalue weighted by Crippen LogP contribution is 2.40. The van der Waals surface area contributed by atoms with E-state index in [1.54, 1.807) is 17.4 Å². The molecule has 0 saturated carbocycles. The van der Waals surface area contributed by atoms with Crippen LogP contribution in [0.25, 0.3) is 38.2 Å². The molecule has 2 aromatic heterocycles. The lowest BCUT2D eigenvalue weighted by Crippen LogP contribution is -2.33. The third-order valence-electron chi connectivity index (χ3n) is 5.14. The van der Waals surface area contributed by atoms with E-state index in [0.29, 0.717) is 11.4 Å².